The molecule has 6 amide bonds. The maximum absolute atomic E-state index is 11.9. The average Bonchev–Trinajstić information content (AvgIpc) is 1.69. The van der Waals surface area contributed by atoms with Crippen LogP contribution in [-0.2, 0) is 153 Å². The van der Waals surface area contributed by atoms with Crippen molar-refractivity contribution in [3.63, 3.8) is 0 Å². The van der Waals surface area contributed by atoms with Gasteiger partial charge in [0.15, 0.2) is 0 Å². The summed E-state index contributed by atoms with van der Waals surface area (Å²) >= 11 is 1.70. The molecular formula is C78H137AgF3LiN7NaO36S-. The number of hydrogen-bond donors (Lipinski definition) is 2. The number of aliphatic carboxylic acids is 1. The molecular weight excluding hydrogens is 1840 g/mol. The van der Waals surface area contributed by atoms with Gasteiger partial charge in [0.1, 0.15) is 33.6 Å². The van der Waals surface area contributed by atoms with Crippen LogP contribution in [0.2, 0.25) is 0 Å². The Kier molecular flexibility index (Phi) is 96.2. The number of alkyl halides is 3. The Labute approximate surface area is 797 Å². The minimum atomic E-state index is -5.08. The van der Waals surface area contributed by atoms with Crippen LogP contribution in [0.4, 0.5) is 41.9 Å². The third-order valence-electron chi connectivity index (χ3n) is 15.4. The van der Waals surface area contributed by atoms with Gasteiger partial charge >= 0.3 is 164 Å². The molecule has 0 aromatic carbocycles. The number of halogens is 3. The van der Waals surface area contributed by atoms with E-state index in [-0.39, 0.29) is 216 Å². The van der Waals surface area contributed by atoms with E-state index in [1.165, 1.54) is 12.0 Å². The van der Waals surface area contributed by atoms with E-state index < -0.39 is 67.8 Å². The van der Waals surface area contributed by atoms with Gasteiger partial charge in [-0.15, -0.1) is 0 Å². The van der Waals surface area contributed by atoms with Gasteiger partial charge in [0.2, 0.25) is 0 Å². The van der Waals surface area contributed by atoms with Gasteiger partial charge in [-0.1, -0.05) is 22.3 Å². The van der Waals surface area contributed by atoms with Crippen LogP contribution in [0.25, 0.3) is 0 Å². The molecule has 6 fully saturated rings. The Morgan fingerprint density at radius 1 is 0.414 bits per heavy atom. The summed E-state index contributed by atoms with van der Waals surface area (Å²) in [6.07, 6.45) is 4.44. The van der Waals surface area contributed by atoms with E-state index >= 15 is 0 Å². The van der Waals surface area contributed by atoms with E-state index in [2.05, 4.69) is 13.0 Å². The molecule has 0 saturated carbocycles. The number of ether oxygens (including phenoxy) is 9. The van der Waals surface area contributed by atoms with Gasteiger partial charge in [-0.25, -0.2) is 28.8 Å². The standard InChI is InChI=1S/C12H21NO4.C12H23NO3.C11H18N2O2.C11H19NO4.2C11H21NO3.CF3O2S.6CO2.3CH4.Ag.Li.Na.2H2O.O/c1-8-6-9(10(14)16-5)7-13(8)11(15)17-12(2,3)4;1-9-6-10(8-15-5)7-13(9)11(14)16-12(2,3)4;1-8-5-9(6-12)7-13(8)10(14)15-11(2,3)4;1-7-5-8(9(13)14)6-12(7)10(15)16-11(2,3)4;1-8-5-9(7-13)6-12(8)10(14)15-11(2,3)4;1-11(2,3)15-10(13)12-6-5-9(7-12)8-14-4;2-1(3,4)7(5)6;6*2-1-3;;;;;;;;;/h8-9H,6-7H2,1-5H3;9-10H,6-8H2,1-5H3;8-9H,5,7H2,1-4H3;7-8H,5-6H2,1-4H3,(H,13,14);8-9,13H,5-7H2,1-4H3;9H,5-8H2,1-4H3;;;;;;;;3*1H4;;;;2*1H2;/q;;;;;;-1;;;;;;;;;;;2*+1;;;/p-2/t8-,9+;9-,10+;8-,9-;7-,8+;8-,9+;9-;;;;;;;;;;;;;;;;/m111110................/s1. The van der Waals surface area contributed by atoms with Crippen molar-refractivity contribution in [1.82, 2.24) is 29.4 Å². The van der Waals surface area contributed by atoms with E-state index in [4.69, 9.17) is 127 Å². The Morgan fingerprint density at radius 2 is 0.648 bits per heavy atom. The van der Waals surface area contributed by atoms with Gasteiger partial charge in [-0.3, -0.25) is 9.59 Å². The Balaban J connectivity index is -0.0000000861. The van der Waals surface area contributed by atoms with Crippen molar-refractivity contribution < 1.29 is 254 Å². The summed E-state index contributed by atoms with van der Waals surface area (Å²) in [6.45, 7) is 48.5. The second-order valence-corrected chi connectivity index (χ2v) is 33.7. The van der Waals surface area contributed by atoms with Crippen LogP contribution in [0.1, 0.15) is 220 Å². The fraction of sp³-hybridized carbons (Fsp3) is 0.808. The number of aliphatic hydroxyl groups is 1. The SMILES string of the molecule is C.C.C.COC(=O)[C@H]1C[C@@H](C)N(C(=O)OC(C)(C)C)C1.COC[C@H]1CCN(C(=O)OC(C)(C)C)C1.COC[C@H]1C[C@@H](C)N(C(=O)OC(C)(C)C)C1.C[C@@H]1C[C@H](C#N)CN1C(=O)OC(C)(C)C.C[C@@H]1C[C@H](C(=O)O)CN1C(=O)OC(C)(C)C.C[C@@H]1C[C@H](CO)CN1C(=O)OC(C)(C)C.O=C=O.O=C=O.O=C=O.O=C=O.O=C=O.O=C=O.O=[S-](=O)C(F)(F)F.[Li+].[Na+].[OH-].[OH-].[O]=[Ag]. The first-order valence-electron chi connectivity index (χ1n) is 36.8. The van der Waals surface area contributed by atoms with Gasteiger partial charge in [-0.2, -0.15) is 76.0 Å². The summed E-state index contributed by atoms with van der Waals surface area (Å²) in [5, 5.41) is 26.7. The zero-order chi connectivity index (χ0) is 97.1. The van der Waals surface area contributed by atoms with Crippen molar-refractivity contribution in [2.45, 2.75) is 289 Å². The molecule has 6 rings (SSSR count). The first kappa shape index (κ1) is 154. The predicted octanol–water partition coefficient (Wildman–Crippen LogP) is 4.23. The first-order chi connectivity index (χ1) is 55.3. The summed E-state index contributed by atoms with van der Waals surface area (Å²) in [7, 11) is 0.817. The number of nitrogens with zero attached hydrogens (tertiary/aromatic N) is 7. The molecule has 4 N–H and O–H groups in total. The number of esters is 1. The molecule has 0 aliphatic carbocycles. The monoisotopic (exact) mass is 1970 g/mol. The van der Waals surface area contributed by atoms with Crippen molar-refractivity contribution in [1.29, 1.82) is 5.26 Å². The van der Waals surface area contributed by atoms with Crippen molar-refractivity contribution in [3.05, 3.63) is 0 Å². The Bertz CT molecular complexity index is 3320. The van der Waals surface area contributed by atoms with Crippen LogP contribution in [0.3, 0.4) is 0 Å². The summed E-state index contributed by atoms with van der Waals surface area (Å²) in [5.41, 5.74) is -7.89. The van der Waals surface area contributed by atoms with E-state index in [1.807, 2.05) is 132 Å². The number of likely N-dealkylation sites (tertiary alicyclic amines) is 6. The third kappa shape index (κ3) is 81.3. The molecule has 128 heavy (non-hydrogen) atoms. The Morgan fingerprint density at radius 3 is 0.883 bits per heavy atom. The second kappa shape index (κ2) is 79.9. The topological polar surface area (TPSA) is 619 Å². The van der Waals surface area contributed by atoms with Crippen LogP contribution in [-0.4, -0.2) is 292 Å². The number of aliphatic hydroxyl groups excluding tert-OH is 1. The van der Waals surface area contributed by atoms with Gasteiger partial charge in [0, 0.05) is 125 Å². The van der Waals surface area contributed by atoms with Crippen molar-refractivity contribution in [3.8, 4) is 6.07 Å². The van der Waals surface area contributed by atoms with Crippen LogP contribution in [0.5, 0.6) is 0 Å². The molecule has 11 atom stereocenters. The first-order valence-corrected chi connectivity index (χ1v) is 38.5. The van der Waals surface area contributed by atoms with E-state index in [0.29, 0.717) is 50.9 Å². The fourth-order valence-corrected chi connectivity index (χ4v) is 11.0. The molecule has 6 heterocycles. The van der Waals surface area contributed by atoms with Crippen molar-refractivity contribution in [2.24, 2.45) is 35.5 Å². The number of carbonyl (C=O) groups excluding carboxylic acids is 19. The molecule has 0 radical (unpaired) electrons. The second-order valence-electron chi connectivity index (χ2n) is 32.8. The van der Waals surface area contributed by atoms with Crippen molar-refractivity contribution >= 4 is 96.1 Å². The quantitative estimate of drug-likeness (QED) is 0.156. The van der Waals surface area contributed by atoms with Gasteiger partial charge < -0.3 is 102 Å². The number of rotatable bonds is 7. The summed E-state index contributed by atoms with van der Waals surface area (Å²) in [4.78, 5) is 200. The molecule has 0 spiro atoms. The van der Waals surface area contributed by atoms with Crippen LogP contribution in [0.15, 0.2) is 0 Å². The zero-order valence-corrected chi connectivity index (χ0v) is 80.8. The van der Waals surface area contributed by atoms with E-state index in [1.54, 1.807) is 80.5 Å². The molecule has 741 valence electrons. The number of carboxylic acids is 1. The van der Waals surface area contributed by atoms with Crippen LogP contribution in [0, 0.1) is 46.8 Å². The summed E-state index contributed by atoms with van der Waals surface area (Å²) in [5.74, 6) is -0.763. The molecule has 0 bridgehead atoms. The van der Waals surface area contributed by atoms with Gasteiger partial charge in [0.05, 0.1) is 44.1 Å². The number of hydrogen-bond acceptors (Lipinski definition) is 37. The molecule has 0 aromatic rings. The number of carboxylic acid groups (broad SMARTS) is 1. The minimum absolute atomic E-state index is 0. The third-order valence-corrected chi connectivity index (χ3v) is 15.8. The molecule has 0 aromatic heterocycles. The molecule has 0 unspecified atom stereocenters. The number of carbonyl (C=O) groups is 8. The summed E-state index contributed by atoms with van der Waals surface area (Å²) < 4.78 is 104. The van der Waals surface area contributed by atoms with Gasteiger partial charge in [-0.05, 0) is 198 Å². The predicted molar refractivity (Wildman–Crippen MR) is 424 cm³/mol. The number of amides is 6. The maximum atomic E-state index is 11.9. The van der Waals surface area contributed by atoms with E-state index in [0.717, 1.165) is 51.9 Å². The molecule has 6 saturated heterocycles. The fourth-order valence-electron chi connectivity index (χ4n) is 11.0. The molecule has 50 heteroatoms. The van der Waals surface area contributed by atoms with Crippen LogP contribution >= 0.6 is 0 Å². The number of nitriles is 1. The summed E-state index contributed by atoms with van der Waals surface area (Å²) in [6, 6.07) is 2.64. The molecule has 6 aliphatic rings. The number of methoxy groups -OCH3 is 3. The van der Waals surface area contributed by atoms with Crippen LogP contribution < -0.4 is 48.4 Å². The van der Waals surface area contributed by atoms with Gasteiger partial charge in [0.25, 0.3) is 0 Å². The molecule has 6 aliphatic heterocycles. The van der Waals surface area contributed by atoms with E-state index in [9.17, 15) is 51.5 Å². The van der Waals surface area contributed by atoms with Crippen molar-refractivity contribution in [2.75, 3.05) is 87.0 Å². The zero-order valence-electron chi connectivity index (χ0n) is 76.5. The molecule has 43 nitrogen and oxygen atoms in total. The normalized spacial score (nSPS) is 19.6. The Hall–Kier alpha value is -7.99. The average molecular weight is 1980 g/mol.